The number of aromatic carboxylic acids is 2. The Labute approximate surface area is 118 Å². The van der Waals surface area contributed by atoms with Crippen LogP contribution in [0.5, 0.6) is 0 Å². The van der Waals surface area contributed by atoms with Crippen LogP contribution in [0.2, 0.25) is 0 Å². The summed E-state index contributed by atoms with van der Waals surface area (Å²) in [4.78, 5) is 31.4. The maximum Gasteiger partial charge on any atom is 0.336 e. The highest BCUT2D eigenvalue weighted by molar-refractivity contribution is 6.01. The summed E-state index contributed by atoms with van der Waals surface area (Å²) in [5, 5.41) is 17.1. The van der Waals surface area contributed by atoms with Gasteiger partial charge >= 0.3 is 11.9 Å². The van der Waals surface area contributed by atoms with Gasteiger partial charge < -0.3 is 27.4 Å². The maximum absolute atomic E-state index is 10.5. The number of hydrogen-bond acceptors (Lipinski definition) is 8. The van der Waals surface area contributed by atoms with Crippen molar-refractivity contribution in [2.24, 2.45) is 0 Å². The van der Waals surface area contributed by atoms with E-state index in [9.17, 15) is 9.59 Å². The molecule has 1 heterocycles. The number of rotatable bonds is 2. The average Bonchev–Trinajstić information content (AvgIpc) is 2.37. The van der Waals surface area contributed by atoms with Gasteiger partial charge in [0.25, 0.3) is 0 Å². The molecule has 0 amide bonds. The summed E-state index contributed by atoms with van der Waals surface area (Å²) >= 11 is 0. The molecular formula is C11H12N6O4. The van der Waals surface area contributed by atoms with E-state index < -0.39 is 11.9 Å². The number of nitrogens with two attached hydrogens (primary N) is 3. The van der Waals surface area contributed by atoms with Crippen molar-refractivity contribution in [3.05, 3.63) is 35.4 Å². The molecule has 0 bridgehead atoms. The van der Waals surface area contributed by atoms with Crippen molar-refractivity contribution in [1.29, 1.82) is 0 Å². The van der Waals surface area contributed by atoms with E-state index in [-0.39, 0.29) is 29.0 Å². The first kappa shape index (κ1) is 15.6. The van der Waals surface area contributed by atoms with Crippen LogP contribution in [0.15, 0.2) is 24.3 Å². The quantitative estimate of drug-likeness (QED) is 0.490. The van der Waals surface area contributed by atoms with Crippen LogP contribution in [0.3, 0.4) is 0 Å². The molecule has 8 N–H and O–H groups in total. The Morgan fingerprint density at radius 3 is 1.29 bits per heavy atom. The normalized spacial score (nSPS) is 9.33. The molecule has 110 valence electrons. The molecule has 0 saturated heterocycles. The van der Waals surface area contributed by atoms with E-state index in [0.29, 0.717) is 0 Å². The van der Waals surface area contributed by atoms with Gasteiger partial charge in [0.15, 0.2) is 0 Å². The molecule has 1 aromatic heterocycles. The second-order valence-corrected chi connectivity index (χ2v) is 3.57. The van der Waals surface area contributed by atoms with Gasteiger partial charge in [-0.05, 0) is 12.1 Å². The van der Waals surface area contributed by atoms with Crippen LogP contribution >= 0.6 is 0 Å². The van der Waals surface area contributed by atoms with Crippen molar-refractivity contribution in [1.82, 2.24) is 15.0 Å². The lowest BCUT2D eigenvalue weighted by Crippen LogP contribution is -2.06. The molecule has 1 aromatic carbocycles. The van der Waals surface area contributed by atoms with Crippen LogP contribution in [0.1, 0.15) is 20.7 Å². The van der Waals surface area contributed by atoms with E-state index in [0.717, 1.165) is 0 Å². The van der Waals surface area contributed by atoms with Gasteiger partial charge in [0.1, 0.15) is 0 Å². The number of carboxylic acids is 2. The zero-order valence-corrected chi connectivity index (χ0v) is 10.6. The summed E-state index contributed by atoms with van der Waals surface area (Å²) < 4.78 is 0. The van der Waals surface area contributed by atoms with Gasteiger partial charge in [-0.15, -0.1) is 0 Å². The van der Waals surface area contributed by atoms with Crippen LogP contribution in [0, 0.1) is 0 Å². The molecule has 21 heavy (non-hydrogen) atoms. The summed E-state index contributed by atoms with van der Waals surface area (Å²) in [6.45, 7) is 0. The number of carbonyl (C=O) groups is 2. The Kier molecular flexibility index (Phi) is 4.95. The minimum Gasteiger partial charge on any atom is -0.478 e. The van der Waals surface area contributed by atoms with E-state index in [1.807, 2.05) is 0 Å². The van der Waals surface area contributed by atoms with Crippen LogP contribution in [0.25, 0.3) is 0 Å². The Balaban J connectivity index is 0.000000219. The van der Waals surface area contributed by atoms with Crippen LogP contribution in [0.4, 0.5) is 17.8 Å². The van der Waals surface area contributed by atoms with Crippen molar-refractivity contribution >= 4 is 29.8 Å². The maximum atomic E-state index is 10.5. The monoisotopic (exact) mass is 292 g/mol. The lowest BCUT2D eigenvalue weighted by Gasteiger charge is -1.98. The average molecular weight is 292 g/mol. The zero-order chi connectivity index (χ0) is 16.0. The van der Waals surface area contributed by atoms with E-state index in [2.05, 4.69) is 15.0 Å². The Bertz CT molecular complexity index is 592. The molecule has 0 aliphatic rings. The van der Waals surface area contributed by atoms with Gasteiger partial charge in [0, 0.05) is 0 Å². The van der Waals surface area contributed by atoms with Gasteiger partial charge in [0.2, 0.25) is 17.8 Å². The largest absolute Gasteiger partial charge is 0.478 e. The second kappa shape index (κ2) is 6.65. The number of hydrogen-bond donors (Lipinski definition) is 5. The fourth-order valence-electron chi connectivity index (χ4n) is 1.28. The Morgan fingerprint density at radius 1 is 0.762 bits per heavy atom. The van der Waals surface area contributed by atoms with E-state index in [4.69, 9.17) is 27.4 Å². The molecule has 0 radical (unpaired) electrons. The predicted octanol–water partition coefficient (Wildman–Crippen LogP) is -0.299. The summed E-state index contributed by atoms with van der Waals surface area (Å²) in [6.07, 6.45) is 0. The van der Waals surface area contributed by atoms with Gasteiger partial charge in [-0.1, -0.05) is 12.1 Å². The summed E-state index contributed by atoms with van der Waals surface area (Å²) in [5.74, 6) is -2.33. The Hall–Kier alpha value is -3.43. The molecule has 0 aliphatic carbocycles. The third-order valence-electron chi connectivity index (χ3n) is 2.08. The number of nitrogen functional groups attached to an aromatic ring is 3. The SMILES string of the molecule is Nc1nc(N)nc(N)n1.O=C(O)c1ccccc1C(=O)O. The highest BCUT2D eigenvalue weighted by atomic mass is 16.4. The van der Waals surface area contributed by atoms with Gasteiger partial charge in [-0.2, -0.15) is 15.0 Å². The lowest BCUT2D eigenvalue weighted by molar-refractivity contribution is 0.0651. The molecule has 10 heteroatoms. The molecular weight excluding hydrogens is 280 g/mol. The predicted molar refractivity (Wildman–Crippen MR) is 73.4 cm³/mol. The molecule has 10 nitrogen and oxygen atoms in total. The minimum absolute atomic E-state index is 0.0417. The summed E-state index contributed by atoms with van der Waals surface area (Å²) in [5.41, 5.74) is 15.0. The van der Waals surface area contributed by atoms with Crippen LogP contribution in [-0.2, 0) is 0 Å². The topological polar surface area (TPSA) is 191 Å². The first-order chi connectivity index (χ1) is 9.81. The van der Waals surface area contributed by atoms with Crippen molar-refractivity contribution in [2.45, 2.75) is 0 Å². The lowest BCUT2D eigenvalue weighted by atomic mass is 10.1. The van der Waals surface area contributed by atoms with Crippen LogP contribution < -0.4 is 17.2 Å². The van der Waals surface area contributed by atoms with Crippen molar-refractivity contribution in [3.8, 4) is 0 Å². The fourth-order valence-corrected chi connectivity index (χ4v) is 1.28. The molecule has 0 aliphatic heterocycles. The van der Waals surface area contributed by atoms with Gasteiger partial charge in [-0.3, -0.25) is 0 Å². The third kappa shape index (κ3) is 4.63. The molecule has 0 spiro atoms. The first-order valence-electron chi connectivity index (χ1n) is 5.39. The summed E-state index contributed by atoms with van der Waals surface area (Å²) in [6, 6.07) is 5.48. The second-order valence-electron chi connectivity index (χ2n) is 3.57. The highest BCUT2D eigenvalue weighted by Crippen LogP contribution is 2.07. The molecule has 0 saturated carbocycles. The van der Waals surface area contributed by atoms with Gasteiger partial charge in [0.05, 0.1) is 11.1 Å². The van der Waals surface area contributed by atoms with Crippen molar-refractivity contribution in [2.75, 3.05) is 17.2 Å². The van der Waals surface area contributed by atoms with Crippen LogP contribution in [-0.4, -0.2) is 37.1 Å². The zero-order valence-electron chi connectivity index (χ0n) is 10.6. The third-order valence-corrected chi connectivity index (χ3v) is 2.08. The number of anilines is 3. The van der Waals surface area contributed by atoms with Crippen molar-refractivity contribution < 1.29 is 19.8 Å². The van der Waals surface area contributed by atoms with E-state index >= 15 is 0 Å². The standard InChI is InChI=1S/C8H6O4.C3H6N6/c9-7(10)5-3-1-2-4-6(5)8(11)12;4-1-7-2(5)9-3(6)8-1/h1-4H,(H,9,10)(H,11,12);(H6,4,5,6,7,8,9). The highest BCUT2D eigenvalue weighted by Gasteiger charge is 2.13. The van der Waals surface area contributed by atoms with Gasteiger partial charge in [-0.25, -0.2) is 9.59 Å². The summed E-state index contributed by atoms with van der Waals surface area (Å²) in [7, 11) is 0. The number of aromatic nitrogens is 3. The van der Waals surface area contributed by atoms with E-state index in [1.165, 1.54) is 24.3 Å². The Morgan fingerprint density at radius 2 is 1.05 bits per heavy atom. The smallest absolute Gasteiger partial charge is 0.336 e. The molecule has 0 fully saturated rings. The number of nitrogens with zero attached hydrogens (tertiary/aromatic N) is 3. The number of carboxylic acid groups (broad SMARTS) is 2. The molecule has 2 rings (SSSR count). The molecule has 0 unspecified atom stereocenters. The number of benzene rings is 1. The molecule has 2 aromatic rings. The first-order valence-corrected chi connectivity index (χ1v) is 5.39. The van der Waals surface area contributed by atoms with Crippen molar-refractivity contribution in [3.63, 3.8) is 0 Å². The minimum atomic E-state index is -1.23. The molecule has 0 atom stereocenters. The van der Waals surface area contributed by atoms with E-state index in [1.54, 1.807) is 0 Å². The fraction of sp³-hybridized carbons (Fsp3) is 0.